The first kappa shape index (κ1) is 10.1. The van der Waals surface area contributed by atoms with Crippen molar-refractivity contribution >= 4 is 0 Å². The molecule has 0 spiro atoms. The molecule has 3 nitrogen and oxygen atoms in total. The van der Waals surface area contributed by atoms with E-state index in [4.69, 9.17) is 0 Å². The molecule has 1 aromatic rings. The highest BCUT2D eigenvalue weighted by atomic mass is 14.9. The molecule has 0 bridgehead atoms. The second kappa shape index (κ2) is 5.65. The fourth-order valence-electron chi connectivity index (χ4n) is 1.18. The summed E-state index contributed by atoms with van der Waals surface area (Å²) in [5, 5.41) is 3.11. The number of rotatable bonds is 5. The summed E-state index contributed by atoms with van der Waals surface area (Å²) in [6, 6.07) is 1.97. The molecule has 1 N–H and O–H groups in total. The first-order valence-corrected chi connectivity index (χ1v) is 4.82. The molecule has 0 aromatic carbocycles. The van der Waals surface area contributed by atoms with E-state index in [0.717, 1.165) is 37.3 Å². The Bertz CT molecular complexity index is 248. The minimum absolute atomic E-state index is 0.967. The zero-order chi connectivity index (χ0) is 9.52. The van der Waals surface area contributed by atoms with Gasteiger partial charge in [-0.1, -0.05) is 6.92 Å². The summed E-state index contributed by atoms with van der Waals surface area (Å²) in [7, 11) is 1.96. The number of nitrogens with zero attached hydrogens (tertiary/aromatic N) is 2. The summed E-state index contributed by atoms with van der Waals surface area (Å²) in [5.41, 5.74) is 1.13. The maximum Gasteiger partial charge on any atom is 0.128 e. The smallest absolute Gasteiger partial charge is 0.128 e. The van der Waals surface area contributed by atoms with E-state index in [1.54, 1.807) is 0 Å². The van der Waals surface area contributed by atoms with E-state index in [2.05, 4.69) is 22.2 Å². The summed E-state index contributed by atoms with van der Waals surface area (Å²) in [6.45, 7) is 3.14. The first-order valence-electron chi connectivity index (χ1n) is 4.82. The van der Waals surface area contributed by atoms with Crippen LogP contribution in [0.3, 0.4) is 0 Å². The lowest BCUT2D eigenvalue weighted by atomic mass is 10.2. The van der Waals surface area contributed by atoms with Crippen LogP contribution in [0.25, 0.3) is 0 Å². The molecule has 0 radical (unpaired) electrons. The standard InChI is InChI=1S/C10H17N3/c1-3-9-6-8-12-10(13-9)5-4-7-11-2/h6,8,11H,3-5,7H2,1-2H3. The number of hydrogen-bond donors (Lipinski definition) is 1. The van der Waals surface area contributed by atoms with Crippen molar-refractivity contribution in [1.29, 1.82) is 0 Å². The number of aryl methyl sites for hydroxylation is 2. The fourth-order valence-corrected chi connectivity index (χ4v) is 1.18. The minimum Gasteiger partial charge on any atom is -0.320 e. The maximum atomic E-state index is 4.42. The molecule has 0 aliphatic rings. The Kier molecular flexibility index (Phi) is 4.40. The molecule has 0 unspecified atom stereocenters. The highest BCUT2D eigenvalue weighted by molar-refractivity contribution is 5.01. The van der Waals surface area contributed by atoms with Crippen LogP contribution in [-0.4, -0.2) is 23.6 Å². The van der Waals surface area contributed by atoms with Crippen molar-refractivity contribution in [3.05, 3.63) is 23.8 Å². The molecule has 0 atom stereocenters. The molecule has 3 heteroatoms. The fraction of sp³-hybridized carbons (Fsp3) is 0.600. The molecule has 1 aromatic heterocycles. The zero-order valence-corrected chi connectivity index (χ0v) is 8.38. The van der Waals surface area contributed by atoms with Crippen molar-refractivity contribution < 1.29 is 0 Å². The molecule has 0 saturated heterocycles. The van der Waals surface area contributed by atoms with Crippen LogP contribution in [-0.2, 0) is 12.8 Å². The molecule has 1 rings (SSSR count). The molecular weight excluding hydrogens is 162 g/mol. The van der Waals surface area contributed by atoms with E-state index in [-0.39, 0.29) is 0 Å². The van der Waals surface area contributed by atoms with Gasteiger partial charge in [-0.2, -0.15) is 0 Å². The lowest BCUT2D eigenvalue weighted by molar-refractivity contribution is 0.698. The highest BCUT2D eigenvalue weighted by Gasteiger charge is 1.96. The predicted octanol–water partition coefficient (Wildman–Crippen LogP) is 1.19. The molecule has 0 saturated carbocycles. The molecule has 1 heterocycles. The SMILES string of the molecule is CCc1ccnc(CCCNC)n1. The second-order valence-electron chi connectivity index (χ2n) is 3.02. The molecule has 0 amide bonds. The number of nitrogens with one attached hydrogen (secondary N) is 1. The zero-order valence-electron chi connectivity index (χ0n) is 8.38. The van der Waals surface area contributed by atoms with Crippen LogP contribution < -0.4 is 5.32 Å². The molecule has 13 heavy (non-hydrogen) atoms. The van der Waals surface area contributed by atoms with Gasteiger partial charge < -0.3 is 5.32 Å². The monoisotopic (exact) mass is 179 g/mol. The molecule has 0 aliphatic carbocycles. The highest BCUT2D eigenvalue weighted by Crippen LogP contribution is 1.98. The normalized spacial score (nSPS) is 10.3. The Morgan fingerprint density at radius 3 is 3.00 bits per heavy atom. The average molecular weight is 179 g/mol. The lowest BCUT2D eigenvalue weighted by Crippen LogP contribution is -2.09. The van der Waals surface area contributed by atoms with E-state index in [1.165, 1.54) is 0 Å². The summed E-state index contributed by atoms with van der Waals surface area (Å²) in [5.74, 6) is 0.967. The molecule has 0 fully saturated rings. The van der Waals surface area contributed by atoms with Gasteiger partial charge in [0.1, 0.15) is 5.82 Å². The number of aromatic nitrogens is 2. The van der Waals surface area contributed by atoms with Gasteiger partial charge in [0.2, 0.25) is 0 Å². The van der Waals surface area contributed by atoms with Crippen molar-refractivity contribution in [2.75, 3.05) is 13.6 Å². The van der Waals surface area contributed by atoms with E-state index in [1.807, 2.05) is 19.3 Å². The van der Waals surface area contributed by atoms with Crippen molar-refractivity contribution in [3.63, 3.8) is 0 Å². The summed E-state index contributed by atoms with van der Waals surface area (Å²) >= 11 is 0. The summed E-state index contributed by atoms with van der Waals surface area (Å²) < 4.78 is 0. The van der Waals surface area contributed by atoms with Gasteiger partial charge in [-0.25, -0.2) is 9.97 Å². The Hall–Kier alpha value is -0.960. The van der Waals surface area contributed by atoms with Crippen LogP contribution in [0.2, 0.25) is 0 Å². The Balaban J connectivity index is 2.46. The van der Waals surface area contributed by atoms with Crippen LogP contribution in [0.4, 0.5) is 0 Å². The van der Waals surface area contributed by atoms with Crippen molar-refractivity contribution in [3.8, 4) is 0 Å². The van der Waals surface area contributed by atoms with Crippen molar-refractivity contribution in [1.82, 2.24) is 15.3 Å². The van der Waals surface area contributed by atoms with E-state index < -0.39 is 0 Å². The van der Waals surface area contributed by atoms with E-state index >= 15 is 0 Å². The topological polar surface area (TPSA) is 37.8 Å². The Morgan fingerprint density at radius 2 is 2.31 bits per heavy atom. The number of hydrogen-bond acceptors (Lipinski definition) is 3. The van der Waals surface area contributed by atoms with Crippen LogP contribution in [0, 0.1) is 0 Å². The third kappa shape index (κ3) is 3.51. The van der Waals surface area contributed by atoms with E-state index in [9.17, 15) is 0 Å². The predicted molar refractivity (Wildman–Crippen MR) is 53.7 cm³/mol. The molecule has 0 aliphatic heterocycles. The molecular formula is C10H17N3. The Morgan fingerprint density at radius 1 is 1.46 bits per heavy atom. The second-order valence-corrected chi connectivity index (χ2v) is 3.02. The van der Waals surface area contributed by atoms with Gasteiger partial charge in [-0.05, 0) is 32.5 Å². The maximum absolute atomic E-state index is 4.42. The Labute approximate surface area is 79.6 Å². The minimum atomic E-state index is 0.967. The van der Waals surface area contributed by atoms with Gasteiger partial charge >= 0.3 is 0 Å². The first-order chi connectivity index (χ1) is 6.36. The van der Waals surface area contributed by atoms with Crippen LogP contribution >= 0.6 is 0 Å². The van der Waals surface area contributed by atoms with Gasteiger partial charge in [-0.3, -0.25) is 0 Å². The molecule has 72 valence electrons. The van der Waals surface area contributed by atoms with E-state index in [0.29, 0.717) is 0 Å². The van der Waals surface area contributed by atoms with Gasteiger partial charge in [0.05, 0.1) is 0 Å². The van der Waals surface area contributed by atoms with Crippen molar-refractivity contribution in [2.24, 2.45) is 0 Å². The van der Waals surface area contributed by atoms with Gasteiger partial charge in [0, 0.05) is 18.3 Å². The average Bonchev–Trinajstić information content (AvgIpc) is 2.19. The van der Waals surface area contributed by atoms with Gasteiger partial charge in [0.15, 0.2) is 0 Å². The lowest BCUT2D eigenvalue weighted by Gasteiger charge is -2.01. The van der Waals surface area contributed by atoms with Gasteiger partial charge in [0.25, 0.3) is 0 Å². The third-order valence-corrected chi connectivity index (χ3v) is 1.95. The van der Waals surface area contributed by atoms with Gasteiger partial charge in [-0.15, -0.1) is 0 Å². The van der Waals surface area contributed by atoms with Crippen LogP contribution in [0.5, 0.6) is 0 Å². The van der Waals surface area contributed by atoms with Crippen LogP contribution in [0.15, 0.2) is 12.3 Å². The quantitative estimate of drug-likeness (QED) is 0.690. The summed E-state index contributed by atoms with van der Waals surface area (Å²) in [6.07, 6.45) is 4.90. The summed E-state index contributed by atoms with van der Waals surface area (Å²) in [4.78, 5) is 8.64. The third-order valence-electron chi connectivity index (χ3n) is 1.95. The van der Waals surface area contributed by atoms with Crippen LogP contribution in [0.1, 0.15) is 24.9 Å². The largest absolute Gasteiger partial charge is 0.320 e. The van der Waals surface area contributed by atoms with Crippen molar-refractivity contribution in [2.45, 2.75) is 26.2 Å².